The lowest BCUT2D eigenvalue weighted by Gasteiger charge is -2.11. The van der Waals surface area contributed by atoms with Crippen molar-refractivity contribution in [1.82, 2.24) is 0 Å². The quantitative estimate of drug-likeness (QED) is 0.599. The maximum absolute atomic E-state index is 8.59. The lowest BCUT2D eigenvalue weighted by Crippen LogP contribution is -2.07. The first-order valence-electron chi connectivity index (χ1n) is 5.11. The molecule has 0 amide bonds. The zero-order valence-corrected chi connectivity index (χ0v) is 9.33. The van der Waals surface area contributed by atoms with Crippen molar-refractivity contribution < 1.29 is 5.11 Å². The van der Waals surface area contributed by atoms with Gasteiger partial charge >= 0.3 is 0 Å². The van der Waals surface area contributed by atoms with Crippen LogP contribution in [0.4, 0.5) is 5.69 Å². The molecule has 80 valence electrons. The van der Waals surface area contributed by atoms with Gasteiger partial charge in [0.15, 0.2) is 0 Å². The van der Waals surface area contributed by atoms with Crippen LogP contribution in [0.25, 0.3) is 0 Å². The molecule has 2 heteroatoms. The van der Waals surface area contributed by atoms with Crippen LogP contribution in [0.5, 0.6) is 0 Å². The summed E-state index contributed by atoms with van der Waals surface area (Å²) in [5.41, 5.74) is 2.20. The molecule has 0 aromatic heterocycles. The molecule has 0 saturated heterocycles. The Kier molecular flexibility index (Phi) is 4.73. The molecule has 1 rings (SSSR count). The van der Waals surface area contributed by atoms with Crippen LogP contribution in [0.2, 0.25) is 0 Å². The average Bonchev–Trinajstić information content (AvgIpc) is 2.25. The second-order valence-electron chi connectivity index (χ2n) is 3.57. The molecule has 15 heavy (non-hydrogen) atoms. The molecule has 0 unspecified atom stereocenters. The largest absolute Gasteiger partial charge is 0.396 e. The van der Waals surface area contributed by atoms with E-state index in [9.17, 15) is 0 Å². The van der Waals surface area contributed by atoms with Crippen LogP contribution >= 0.6 is 0 Å². The minimum Gasteiger partial charge on any atom is -0.396 e. The van der Waals surface area contributed by atoms with Gasteiger partial charge in [-0.25, -0.2) is 0 Å². The van der Waals surface area contributed by atoms with E-state index < -0.39 is 0 Å². The Balaban J connectivity index is 2.59. The number of hydrogen-bond donors (Lipinski definition) is 1. The molecule has 1 aromatic rings. The lowest BCUT2D eigenvalue weighted by atomic mass is 10.2. The summed E-state index contributed by atoms with van der Waals surface area (Å²) in [6.45, 7) is 0.217. The molecule has 0 radical (unpaired) electrons. The highest BCUT2D eigenvalue weighted by Crippen LogP contribution is 2.11. The van der Waals surface area contributed by atoms with Crippen LogP contribution < -0.4 is 4.90 Å². The van der Waals surface area contributed by atoms with Crippen molar-refractivity contribution in [1.29, 1.82) is 0 Å². The minimum atomic E-state index is 0.217. The highest BCUT2D eigenvalue weighted by atomic mass is 16.2. The van der Waals surface area contributed by atoms with Gasteiger partial charge in [-0.1, -0.05) is 11.8 Å². The first kappa shape index (κ1) is 11.6. The van der Waals surface area contributed by atoms with Gasteiger partial charge in [0.25, 0.3) is 0 Å². The summed E-state index contributed by atoms with van der Waals surface area (Å²) >= 11 is 0. The maximum Gasteiger partial charge on any atom is 0.0440 e. The van der Waals surface area contributed by atoms with E-state index in [2.05, 4.69) is 28.9 Å². The summed E-state index contributed by atoms with van der Waals surface area (Å²) in [6.07, 6.45) is 1.51. The van der Waals surface area contributed by atoms with Gasteiger partial charge < -0.3 is 10.0 Å². The molecule has 1 aromatic carbocycles. The molecule has 0 aliphatic carbocycles. The zero-order valence-electron chi connectivity index (χ0n) is 9.33. The van der Waals surface area contributed by atoms with E-state index in [1.807, 2.05) is 26.2 Å². The molecule has 1 N–H and O–H groups in total. The van der Waals surface area contributed by atoms with Crippen LogP contribution in [-0.4, -0.2) is 25.8 Å². The molecule has 0 saturated carbocycles. The van der Waals surface area contributed by atoms with Crippen molar-refractivity contribution >= 4 is 5.69 Å². The molecular weight excluding hydrogens is 186 g/mol. The molecule has 0 bridgehead atoms. The van der Waals surface area contributed by atoms with Crippen molar-refractivity contribution in [2.24, 2.45) is 0 Å². The number of benzene rings is 1. The fourth-order valence-corrected chi connectivity index (χ4v) is 1.17. The number of anilines is 1. The van der Waals surface area contributed by atoms with Gasteiger partial charge in [0.05, 0.1) is 0 Å². The summed E-state index contributed by atoms with van der Waals surface area (Å²) < 4.78 is 0. The van der Waals surface area contributed by atoms with Gasteiger partial charge in [-0.3, -0.25) is 0 Å². The Morgan fingerprint density at radius 2 is 1.87 bits per heavy atom. The highest BCUT2D eigenvalue weighted by molar-refractivity contribution is 5.49. The van der Waals surface area contributed by atoms with E-state index in [4.69, 9.17) is 5.11 Å². The van der Waals surface area contributed by atoms with Gasteiger partial charge in [0, 0.05) is 38.4 Å². The Morgan fingerprint density at radius 3 is 2.40 bits per heavy atom. The zero-order chi connectivity index (χ0) is 11.1. The van der Waals surface area contributed by atoms with Crippen molar-refractivity contribution in [3.63, 3.8) is 0 Å². The number of rotatable bonds is 3. The lowest BCUT2D eigenvalue weighted by molar-refractivity contribution is 0.290. The first-order valence-corrected chi connectivity index (χ1v) is 5.11. The molecule has 0 spiro atoms. The number of aliphatic hydroxyl groups excluding tert-OH is 1. The van der Waals surface area contributed by atoms with E-state index in [1.54, 1.807) is 0 Å². The fraction of sp³-hybridized carbons (Fsp3) is 0.385. The van der Waals surface area contributed by atoms with E-state index >= 15 is 0 Å². The minimum absolute atomic E-state index is 0.217. The summed E-state index contributed by atoms with van der Waals surface area (Å²) in [5, 5.41) is 8.59. The molecular formula is C13H17NO. The monoisotopic (exact) mass is 203 g/mol. The van der Waals surface area contributed by atoms with Gasteiger partial charge in [-0.15, -0.1) is 0 Å². The molecule has 0 fully saturated rings. The van der Waals surface area contributed by atoms with Crippen molar-refractivity contribution in [3.8, 4) is 11.8 Å². The van der Waals surface area contributed by atoms with E-state index in [1.165, 1.54) is 5.69 Å². The van der Waals surface area contributed by atoms with Crippen molar-refractivity contribution in [3.05, 3.63) is 29.8 Å². The van der Waals surface area contributed by atoms with E-state index in [0.717, 1.165) is 18.4 Å². The fourth-order valence-electron chi connectivity index (χ4n) is 1.17. The van der Waals surface area contributed by atoms with Crippen LogP contribution in [-0.2, 0) is 0 Å². The third-order valence-electron chi connectivity index (χ3n) is 2.08. The van der Waals surface area contributed by atoms with Crippen molar-refractivity contribution in [2.45, 2.75) is 12.8 Å². The molecule has 0 aliphatic rings. The smallest absolute Gasteiger partial charge is 0.0440 e. The first-order chi connectivity index (χ1) is 7.24. The third kappa shape index (κ3) is 4.05. The molecule has 0 heterocycles. The number of aliphatic hydroxyl groups is 1. The van der Waals surface area contributed by atoms with Crippen LogP contribution in [0.1, 0.15) is 18.4 Å². The SMILES string of the molecule is CN(C)c1ccc(C#CCCCO)cc1. The molecule has 0 atom stereocenters. The number of unbranched alkanes of at least 4 members (excludes halogenated alkanes) is 1. The van der Waals surface area contributed by atoms with Gasteiger partial charge in [-0.2, -0.15) is 0 Å². The summed E-state index contributed by atoms with van der Waals surface area (Å²) in [6, 6.07) is 8.13. The second kappa shape index (κ2) is 6.10. The third-order valence-corrected chi connectivity index (χ3v) is 2.08. The normalized spacial score (nSPS) is 9.27. The highest BCUT2D eigenvalue weighted by Gasteiger charge is 1.92. The van der Waals surface area contributed by atoms with E-state index in [0.29, 0.717) is 0 Å². The predicted octanol–water partition coefficient (Wildman–Crippen LogP) is 1.88. The number of nitrogens with zero attached hydrogens (tertiary/aromatic N) is 1. The summed E-state index contributed by atoms with van der Waals surface area (Å²) in [7, 11) is 4.03. The molecule has 2 nitrogen and oxygen atoms in total. The van der Waals surface area contributed by atoms with Crippen molar-refractivity contribution in [2.75, 3.05) is 25.6 Å². The van der Waals surface area contributed by atoms with Crippen LogP contribution in [0, 0.1) is 11.8 Å². The van der Waals surface area contributed by atoms with Crippen LogP contribution in [0.15, 0.2) is 24.3 Å². The van der Waals surface area contributed by atoms with Gasteiger partial charge in [0.2, 0.25) is 0 Å². The Morgan fingerprint density at radius 1 is 1.20 bits per heavy atom. The topological polar surface area (TPSA) is 23.5 Å². The summed E-state index contributed by atoms with van der Waals surface area (Å²) in [5.74, 6) is 6.09. The Labute approximate surface area is 91.5 Å². The molecule has 0 aliphatic heterocycles. The van der Waals surface area contributed by atoms with Gasteiger partial charge in [0.1, 0.15) is 0 Å². The Hall–Kier alpha value is -1.46. The summed E-state index contributed by atoms with van der Waals surface area (Å²) in [4.78, 5) is 2.06. The van der Waals surface area contributed by atoms with Gasteiger partial charge in [-0.05, 0) is 30.7 Å². The second-order valence-corrected chi connectivity index (χ2v) is 3.57. The standard InChI is InChI=1S/C13H17NO/c1-14(2)13-9-7-12(8-10-13)6-4-3-5-11-15/h7-10,15H,3,5,11H2,1-2H3. The van der Waals surface area contributed by atoms with E-state index in [-0.39, 0.29) is 6.61 Å². The Bertz CT molecular complexity index is 343. The average molecular weight is 203 g/mol. The maximum atomic E-state index is 8.59. The van der Waals surface area contributed by atoms with Crippen LogP contribution in [0.3, 0.4) is 0 Å². The number of hydrogen-bond acceptors (Lipinski definition) is 2. The predicted molar refractivity (Wildman–Crippen MR) is 64.0 cm³/mol.